The number of hydrogen-bond donors (Lipinski definition) is 0. The van der Waals surface area contributed by atoms with Crippen molar-refractivity contribution in [2.75, 3.05) is 0 Å². The van der Waals surface area contributed by atoms with Gasteiger partial charge in [0.1, 0.15) is 0 Å². The van der Waals surface area contributed by atoms with E-state index in [0.717, 1.165) is 33.2 Å². The first kappa shape index (κ1) is 21.0. The molecule has 176 valence electrons. The zero-order valence-corrected chi connectivity index (χ0v) is 20.6. The van der Waals surface area contributed by atoms with Gasteiger partial charge in [-0.1, -0.05) is 121 Å². The summed E-state index contributed by atoms with van der Waals surface area (Å²) in [6, 6.07) is 47.3. The summed E-state index contributed by atoms with van der Waals surface area (Å²) >= 11 is 0. The molecule has 0 spiro atoms. The summed E-state index contributed by atoms with van der Waals surface area (Å²) in [5.74, 6) is 0. The van der Waals surface area contributed by atoms with Crippen LogP contribution < -0.4 is 0 Å². The molecule has 8 rings (SSSR count). The molecule has 0 saturated carbocycles. The third-order valence-electron chi connectivity index (χ3n) is 7.63. The standard InChI is InChI=1S/C36H22N2/c1-3-9-28-23(7-1)13-18-27-20-22-32(37-35(27)28)25-14-16-26(17-15-25)34-30-11-5-6-12-33(30)38-36-29-10-4-2-8-24(29)19-21-31(34)36/h1-22H. The van der Waals surface area contributed by atoms with Crippen LogP contribution >= 0.6 is 0 Å². The second-order valence-electron chi connectivity index (χ2n) is 9.82. The van der Waals surface area contributed by atoms with Gasteiger partial charge in [-0.2, -0.15) is 0 Å². The lowest BCUT2D eigenvalue weighted by Crippen LogP contribution is -1.91. The van der Waals surface area contributed by atoms with E-state index in [4.69, 9.17) is 9.97 Å². The molecule has 2 aromatic heterocycles. The Kier molecular flexibility index (Phi) is 4.55. The van der Waals surface area contributed by atoms with E-state index in [1.807, 2.05) is 0 Å². The summed E-state index contributed by atoms with van der Waals surface area (Å²) in [6.07, 6.45) is 0. The van der Waals surface area contributed by atoms with Crippen molar-refractivity contribution in [1.29, 1.82) is 0 Å². The van der Waals surface area contributed by atoms with E-state index < -0.39 is 0 Å². The number of fused-ring (bicyclic) bond motifs is 7. The number of aromatic nitrogens is 2. The molecule has 2 nitrogen and oxygen atoms in total. The Labute approximate surface area is 219 Å². The van der Waals surface area contributed by atoms with Crippen molar-refractivity contribution in [3.63, 3.8) is 0 Å². The zero-order chi connectivity index (χ0) is 25.1. The van der Waals surface area contributed by atoms with Crippen molar-refractivity contribution in [2.45, 2.75) is 0 Å². The van der Waals surface area contributed by atoms with Gasteiger partial charge in [-0.25, -0.2) is 9.97 Å². The summed E-state index contributed by atoms with van der Waals surface area (Å²) in [5, 5.41) is 8.28. The minimum Gasteiger partial charge on any atom is -0.247 e. The number of benzene rings is 6. The summed E-state index contributed by atoms with van der Waals surface area (Å²) in [6.45, 7) is 0. The molecule has 0 atom stereocenters. The molecular weight excluding hydrogens is 460 g/mol. The van der Waals surface area contributed by atoms with Gasteiger partial charge in [-0.3, -0.25) is 0 Å². The Morgan fingerprint density at radius 2 is 0.921 bits per heavy atom. The van der Waals surface area contributed by atoms with E-state index >= 15 is 0 Å². The van der Waals surface area contributed by atoms with E-state index in [1.54, 1.807) is 0 Å². The van der Waals surface area contributed by atoms with Gasteiger partial charge in [0, 0.05) is 38.1 Å². The highest BCUT2D eigenvalue weighted by Gasteiger charge is 2.14. The first-order chi connectivity index (χ1) is 18.8. The van der Waals surface area contributed by atoms with Crippen LogP contribution in [0.25, 0.3) is 76.6 Å². The number of nitrogens with zero attached hydrogens (tertiary/aromatic N) is 2. The lowest BCUT2D eigenvalue weighted by Gasteiger charge is -2.14. The Hall–Kier alpha value is -5.08. The molecule has 0 saturated heterocycles. The lowest BCUT2D eigenvalue weighted by molar-refractivity contribution is 1.41. The quantitative estimate of drug-likeness (QED) is 0.181. The largest absolute Gasteiger partial charge is 0.247 e. The molecule has 0 unspecified atom stereocenters. The van der Waals surface area contributed by atoms with Gasteiger partial charge in [0.2, 0.25) is 0 Å². The van der Waals surface area contributed by atoms with Crippen LogP contribution in [-0.4, -0.2) is 9.97 Å². The molecule has 0 radical (unpaired) electrons. The summed E-state index contributed by atoms with van der Waals surface area (Å²) in [7, 11) is 0. The normalized spacial score (nSPS) is 11.7. The van der Waals surface area contributed by atoms with Crippen LogP contribution in [0.5, 0.6) is 0 Å². The minimum atomic E-state index is 0.982. The second kappa shape index (κ2) is 8.22. The zero-order valence-electron chi connectivity index (χ0n) is 20.6. The fourth-order valence-corrected chi connectivity index (χ4v) is 5.76. The second-order valence-corrected chi connectivity index (χ2v) is 9.82. The molecule has 2 heterocycles. The van der Waals surface area contributed by atoms with Gasteiger partial charge < -0.3 is 0 Å². The fourth-order valence-electron chi connectivity index (χ4n) is 5.76. The summed E-state index contributed by atoms with van der Waals surface area (Å²) < 4.78 is 0. The molecule has 0 bridgehead atoms. The Morgan fingerprint density at radius 3 is 1.71 bits per heavy atom. The van der Waals surface area contributed by atoms with Crippen molar-refractivity contribution in [3.05, 3.63) is 133 Å². The highest BCUT2D eigenvalue weighted by atomic mass is 14.7. The van der Waals surface area contributed by atoms with E-state index in [-0.39, 0.29) is 0 Å². The molecule has 8 aromatic rings. The maximum absolute atomic E-state index is 5.10. The third-order valence-corrected chi connectivity index (χ3v) is 7.63. The fraction of sp³-hybridized carbons (Fsp3) is 0. The molecule has 0 N–H and O–H groups in total. The van der Waals surface area contributed by atoms with Crippen LogP contribution in [0.2, 0.25) is 0 Å². The van der Waals surface area contributed by atoms with Gasteiger partial charge in [0.05, 0.1) is 22.2 Å². The molecule has 2 heteroatoms. The maximum Gasteiger partial charge on any atom is 0.0794 e. The van der Waals surface area contributed by atoms with Gasteiger partial charge >= 0.3 is 0 Å². The molecule has 38 heavy (non-hydrogen) atoms. The molecule has 6 aromatic carbocycles. The van der Waals surface area contributed by atoms with Gasteiger partial charge in [0.25, 0.3) is 0 Å². The Balaban J connectivity index is 1.32. The smallest absolute Gasteiger partial charge is 0.0794 e. The highest BCUT2D eigenvalue weighted by Crippen LogP contribution is 2.38. The van der Waals surface area contributed by atoms with Gasteiger partial charge in [0.15, 0.2) is 0 Å². The van der Waals surface area contributed by atoms with E-state index in [1.165, 1.54) is 43.4 Å². The van der Waals surface area contributed by atoms with Crippen molar-refractivity contribution in [1.82, 2.24) is 9.97 Å². The molecule has 0 aliphatic heterocycles. The average molecular weight is 483 g/mol. The van der Waals surface area contributed by atoms with Crippen molar-refractivity contribution in [3.8, 4) is 22.4 Å². The van der Waals surface area contributed by atoms with Gasteiger partial charge in [-0.15, -0.1) is 0 Å². The summed E-state index contributed by atoms with van der Waals surface area (Å²) in [5.41, 5.74) is 7.59. The van der Waals surface area contributed by atoms with Crippen molar-refractivity contribution >= 4 is 54.3 Å². The number of hydrogen-bond acceptors (Lipinski definition) is 2. The van der Waals surface area contributed by atoms with Crippen LogP contribution in [0.3, 0.4) is 0 Å². The van der Waals surface area contributed by atoms with E-state index in [0.29, 0.717) is 0 Å². The van der Waals surface area contributed by atoms with Crippen LogP contribution in [0, 0.1) is 0 Å². The predicted molar refractivity (Wildman–Crippen MR) is 160 cm³/mol. The topological polar surface area (TPSA) is 25.8 Å². The third kappa shape index (κ3) is 3.21. The predicted octanol–water partition coefficient (Wildman–Crippen LogP) is 9.58. The average Bonchev–Trinajstić information content (AvgIpc) is 2.99. The molecule has 0 amide bonds. The summed E-state index contributed by atoms with van der Waals surface area (Å²) in [4.78, 5) is 10.2. The molecule has 0 aliphatic carbocycles. The van der Waals surface area contributed by atoms with Crippen molar-refractivity contribution < 1.29 is 0 Å². The van der Waals surface area contributed by atoms with Crippen LogP contribution in [-0.2, 0) is 0 Å². The maximum atomic E-state index is 5.10. The van der Waals surface area contributed by atoms with Crippen LogP contribution in [0.4, 0.5) is 0 Å². The van der Waals surface area contributed by atoms with E-state index in [2.05, 4.69) is 133 Å². The molecular formula is C36H22N2. The Bertz CT molecular complexity index is 2180. The van der Waals surface area contributed by atoms with Crippen LogP contribution in [0.1, 0.15) is 0 Å². The van der Waals surface area contributed by atoms with Crippen molar-refractivity contribution in [2.24, 2.45) is 0 Å². The monoisotopic (exact) mass is 482 g/mol. The number of para-hydroxylation sites is 1. The number of pyridine rings is 2. The molecule has 0 aliphatic rings. The Morgan fingerprint density at radius 1 is 0.342 bits per heavy atom. The number of rotatable bonds is 2. The van der Waals surface area contributed by atoms with Crippen LogP contribution in [0.15, 0.2) is 133 Å². The van der Waals surface area contributed by atoms with E-state index in [9.17, 15) is 0 Å². The highest BCUT2D eigenvalue weighted by molar-refractivity contribution is 6.17. The van der Waals surface area contributed by atoms with Gasteiger partial charge in [-0.05, 0) is 28.5 Å². The lowest BCUT2D eigenvalue weighted by atomic mass is 9.93. The SMILES string of the molecule is c1ccc2c(c1)ccc1ccc(-c3ccc(-c4c5ccccc5nc5c4ccc4ccccc45)cc3)nc12. The molecule has 0 fully saturated rings. The first-order valence-corrected chi connectivity index (χ1v) is 12.9. The first-order valence-electron chi connectivity index (χ1n) is 12.9. The minimum absolute atomic E-state index is 0.982.